The van der Waals surface area contributed by atoms with Crippen LogP contribution in [0.3, 0.4) is 0 Å². The summed E-state index contributed by atoms with van der Waals surface area (Å²) in [6.07, 6.45) is 11.9. The van der Waals surface area contributed by atoms with Crippen LogP contribution in [0.4, 0.5) is 18.9 Å². The Hall–Kier alpha value is -3.59. The maximum Gasteiger partial charge on any atom is 0.416 e. The van der Waals surface area contributed by atoms with Gasteiger partial charge < -0.3 is 19.9 Å². The highest BCUT2D eigenvalue weighted by atomic mass is 19.4. The van der Waals surface area contributed by atoms with Crippen LogP contribution in [0.5, 0.6) is 11.5 Å². The maximum absolute atomic E-state index is 12.5. The Labute approximate surface area is 241 Å². The molecule has 0 aliphatic heterocycles. The lowest BCUT2D eigenvalue weighted by molar-refractivity contribution is -0.137. The highest BCUT2D eigenvalue weighted by molar-refractivity contribution is 5.88. The number of nitrogens with one attached hydrogen (secondary N) is 1. The summed E-state index contributed by atoms with van der Waals surface area (Å²) in [5.74, 6) is 1.08. The average Bonchev–Trinajstić information content (AvgIpc) is 3.47. The molecule has 41 heavy (non-hydrogen) atoms. The van der Waals surface area contributed by atoms with Crippen molar-refractivity contribution in [1.29, 1.82) is 0 Å². The van der Waals surface area contributed by atoms with Crippen molar-refractivity contribution in [2.75, 3.05) is 19.0 Å². The predicted molar refractivity (Wildman–Crippen MR) is 156 cm³/mol. The summed E-state index contributed by atoms with van der Waals surface area (Å²) < 4.78 is 48.1. The minimum Gasteiger partial charge on any atom is -0.493 e. The Morgan fingerprint density at radius 1 is 1.00 bits per heavy atom. The number of carbonyl (C=O) groups is 2. The molecule has 9 heteroatoms. The smallest absolute Gasteiger partial charge is 0.416 e. The first kappa shape index (κ1) is 35.4. The Morgan fingerprint density at radius 2 is 1.68 bits per heavy atom. The lowest BCUT2D eigenvalue weighted by atomic mass is 10.1. The van der Waals surface area contributed by atoms with Gasteiger partial charge in [-0.05, 0) is 87.4 Å². The topological polar surface area (TPSA) is 84.9 Å². The summed E-state index contributed by atoms with van der Waals surface area (Å²) in [6, 6.07) is 11.7. The van der Waals surface area contributed by atoms with E-state index in [-0.39, 0.29) is 17.6 Å². The maximum atomic E-state index is 12.5. The third-order valence-electron chi connectivity index (χ3n) is 5.92. The second-order valence-corrected chi connectivity index (χ2v) is 9.28. The number of rotatable bonds is 11. The van der Waals surface area contributed by atoms with E-state index in [1.54, 1.807) is 30.3 Å². The number of carbonyl (C=O) groups excluding carboxylic acids is 2. The van der Waals surface area contributed by atoms with Crippen LogP contribution in [0.25, 0.3) is 0 Å². The van der Waals surface area contributed by atoms with Crippen molar-refractivity contribution in [3.63, 3.8) is 0 Å². The van der Waals surface area contributed by atoms with Gasteiger partial charge >= 0.3 is 12.1 Å². The van der Waals surface area contributed by atoms with Gasteiger partial charge in [-0.1, -0.05) is 43.2 Å². The van der Waals surface area contributed by atoms with Gasteiger partial charge in [0.2, 0.25) is 5.91 Å². The number of benzene rings is 2. The third-order valence-corrected chi connectivity index (χ3v) is 5.92. The van der Waals surface area contributed by atoms with E-state index in [1.807, 2.05) is 19.1 Å². The molecule has 0 atom stereocenters. The van der Waals surface area contributed by atoms with Crippen molar-refractivity contribution in [2.24, 2.45) is 5.92 Å². The summed E-state index contributed by atoms with van der Waals surface area (Å²) in [6.45, 7) is 3.80. The molecular formula is C32H42F3NO5. The zero-order valence-electron chi connectivity index (χ0n) is 24.1. The fourth-order valence-corrected chi connectivity index (χ4v) is 3.97. The number of anilines is 1. The predicted octanol–water partition coefficient (Wildman–Crippen LogP) is 8.13. The van der Waals surface area contributed by atoms with Crippen molar-refractivity contribution in [3.05, 3.63) is 78.4 Å². The number of ether oxygens (including phenoxy) is 2. The van der Waals surface area contributed by atoms with Gasteiger partial charge in [0.15, 0.2) is 0 Å². The minimum absolute atomic E-state index is 0.131. The second-order valence-electron chi connectivity index (χ2n) is 9.28. The number of halogens is 3. The number of unbranched alkanes of at least 4 members (excludes halogenated alkanes) is 1. The molecule has 0 aromatic heterocycles. The fourth-order valence-electron chi connectivity index (χ4n) is 3.97. The van der Waals surface area contributed by atoms with Gasteiger partial charge in [0, 0.05) is 26.1 Å². The van der Waals surface area contributed by atoms with E-state index in [9.17, 15) is 22.8 Å². The van der Waals surface area contributed by atoms with Gasteiger partial charge in [-0.25, -0.2) is 0 Å². The number of esters is 1. The highest BCUT2D eigenvalue weighted by Crippen LogP contribution is 2.31. The molecule has 1 aliphatic carbocycles. The van der Waals surface area contributed by atoms with E-state index < -0.39 is 11.7 Å². The van der Waals surface area contributed by atoms with Gasteiger partial charge in [-0.3, -0.25) is 9.59 Å². The number of alkyl halides is 3. The van der Waals surface area contributed by atoms with Gasteiger partial charge in [-0.2, -0.15) is 13.2 Å². The van der Waals surface area contributed by atoms with Crippen LogP contribution in [0.15, 0.2) is 72.8 Å². The van der Waals surface area contributed by atoms with Crippen molar-refractivity contribution < 1.29 is 37.3 Å². The van der Waals surface area contributed by atoms with E-state index in [4.69, 9.17) is 14.6 Å². The number of hydrogen-bond acceptors (Lipinski definition) is 5. The quantitative estimate of drug-likeness (QED) is 0.122. The van der Waals surface area contributed by atoms with Gasteiger partial charge in [0.05, 0.1) is 12.2 Å². The lowest BCUT2D eigenvalue weighted by Crippen LogP contribution is -2.08. The Kier molecular flexibility index (Phi) is 17.6. The molecule has 0 unspecified atom stereocenters. The van der Waals surface area contributed by atoms with Crippen molar-refractivity contribution in [1.82, 2.24) is 0 Å². The fraction of sp³-hybridized carbons (Fsp3) is 0.438. The van der Waals surface area contributed by atoms with Crippen LogP contribution in [-0.4, -0.2) is 30.7 Å². The zero-order valence-corrected chi connectivity index (χ0v) is 24.1. The van der Waals surface area contributed by atoms with Crippen LogP contribution >= 0.6 is 0 Å². The van der Waals surface area contributed by atoms with Crippen LogP contribution in [0.2, 0.25) is 0 Å². The van der Waals surface area contributed by atoms with Gasteiger partial charge in [-0.15, -0.1) is 0 Å². The molecule has 1 amide bonds. The van der Waals surface area contributed by atoms with E-state index in [0.717, 1.165) is 38.5 Å². The summed E-state index contributed by atoms with van der Waals surface area (Å²) in [5.41, 5.74) is 0.0110. The second kappa shape index (κ2) is 20.3. The van der Waals surface area contributed by atoms with Crippen LogP contribution in [0.1, 0.15) is 70.8 Å². The monoisotopic (exact) mass is 577 g/mol. The SMILES string of the molecule is C/C=C\CCCC(=O)Oc1ccc(NC(C)=O)cc1.CO.FC(F)(F)c1cccc(OCC/C=C/C2CCCC2)c1. The third kappa shape index (κ3) is 16.3. The Morgan fingerprint density at radius 3 is 2.29 bits per heavy atom. The molecule has 0 saturated heterocycles. The van der Waals surface area contributed by atoms with Gasteiger partial charge in [0.25, 0.3) is 0 Å². The molecule has 0 bridgehead atoms. The zero-order chi connectivity index (χ0) is 30.5. The van der Waals surface area contributed by atoms with Crippen molar-refractivity contribution >= 4 is 17.6 Å². The Bertz CT molecular complexity index is 1080. The molecule has 1 fully saturated rings. The van der Waals surface area contributed by atoms with Crippen LogP contribution in [-0.2, 0) is 15.8 Å². The molecule has 1 saturated carbocycles. The highest BCUT2D eigenvalue weighted by Gasteiger charge is 2.30. The molecule has 0 spiro atoms. The largest absolute Gasteiger partial charge is 0.493 e. The number of aliphatic hydroxyl groups excluding tert-OH is 1. The van der Waals surface area contributed by atoms with E-state index >= 15 is 0 Å². The molecule has 0 heterocycles. The number of aliphatic hydroxyl groups is 1. The summed E-state index contributed by atoms with van der Waals surface area (Å²) >= 11 is 0. The first-order valence-electron chi connectivity index (χ1n) is 13.8. The number of hydrogen-bond donors (Lipinski definition) is 2. The first-order valence-corrected chi connectivity index (χ1v) is 13.8. The lowest BCUT2D eigenvalue weighted by Gasteiger charge is -2.09. The standard InChI is InChI=1S/C16H19F3O.C15H19NO3.CH4O/c17-16(18,19)14-9-5-10-15(12-14)20-11-4-3-8-13-6-1-2-7-13;1-3-4-5-6-7-15(18)19-14-10-8-13(9-11-14)16-12(2)17;1-2/h3,5,8-10,12-13H,1-2,4,6-7,11H2;3-4,8-11H,5-7H2,1-2H3,(H,16,17);2H,1H3/b8-3+;4-3-;. The molecule has 2 N–H and O–H groups in total. The van der Waals surface area contributed by atoms with E-state index in [1.165, 1.54) is 38.7 Å². The van der Waals surface area contributed by atoms with Crippen LogP contribution < -0.4 is 14.8 Å². The van der Waals surface area contributed by atoms with E-state index in [2.05, 4.69) is 17.5 Å². The Balaban J connectivity index is 0.000000387. The van der Waals surface area contributed by atoms with E-state index in [0.29, 0.717) is 30.4 Å². The molecule has 226 valence electrons. The van der Waals surface area contributed by atoms with Gasteiger partial charge in [0.1, 0.15) is 11.5 Å². The molecular weight excluding hydrogens is 535 g/mol. The molecule has 2 aromatic carbocycles. The summed E-state index contributed by atoms with van der Waals surface area (Å²) in [4.78, 5) is 22.4. The summed E-state index contributed by atoms with van der Waals surface area (Å²) in [5, 5.41) is 9.65. The molecule has 0 radical (unpaired) electrons. The molecule has 2 aromatic rings. The molecule has 1 aliphatic rings. The number of amides is 1. The summed E-state index contributed by atoms with van der Waals surface area (Å²) in [7, 11) is 1.00. The minimum atomic E-state index is -4.32. The van der Waals surface area contributed by atoms with Crippen molar-refractivity contribution in [2.45, 2.75) is 71.4 Å². The van der Waals surface area contributed by atoms with Crippen LogP contribution in [0, 0.1) is 5.92 Å². The first-order chi connectivity index (χ1) is 19.7. The molecule has 3 rings (SSSR count). The average molecular weight is 578 g/mol. The number of allylic oxidation sites excluding steroid dienone is 3. The van der Waals surface area contributed by atoms with Crippen molar-refractivity contribution in [3.8, 4) is 11.5 Å². The molecule has 6 nitrogen and oxygen atoms in total. The normalized spacial score (nSPS) is 13.2.